The van der Waals surface area contributed by atoms with Gasteiger partial charge in [0.25, 0.3) is 0 Å². The van der Waals surface area contributed by atoms with Gasteiger partial charge in [0.2, 0.25) is 0 Å². The largest absolute Gasteiger partial charge is 0.586 e. The molecule has 43 heavy (non-hydrogen) atoms. The van der Waals surface area contributed by atoms with Crippen molar-refractivity contribution in [2.75, 3.05) is 0 Å². The van der Waals surface area contributed by atoms with Crippen LogP contribution in [0.2, 0.25) is 0 Å². The Labute approximate surface area is 240 Å². The Balaban J connectivity index is 1.20. The molecule has 8 rings (SSSR count). The molecular weight excluding hydrogens is 586 g/mol. The van der Waals surface area contributed by atoms with E-state index >= 15 is 0 Å². The number of aromatic nitrogens is 2. The zero-order valence-electron chi connectivity index (χ0n) is 22.5. The lowest BCUT2D eigenvalue weighted by Gasteiger charge is -2.67. The van der Waals surface area contributed by atoms with Gasteiger partial charge in [-0.05, 0) is 75.3 Å². The van der Waals surface area contributed by atoms with Crippen LogP contribution in [0, 0.1) is 11.2 Å². The predicted molar refractivity (Wildman–Crippen MR) is 134 cm³/mol. The van der Waals surface area contributed by atoms with E-state index in [9.17, 15) is 36.2 Å². The highest BCUT2D eigenvalue weighted by atomic mass is 19.4. The standard InChI is InChI=1S/C29H24F6N2O6/c1-14(15-5-8-19-22(9-15)43-29(34,35)42-19)40-21-10-16(6-7-18(21)30)37-23-17(24(36-37)28(31,32)33)3-2-4-20(23)41-27-11-26(12-27,13-27)25(38)39/h5-10,14,20H,2-4,11-13H2,1H3,(H,38,39)/t14-,20+,26?,27?/m0/s1. The minimum absolute atomic E-state index is 0.0133. The lowest BCUT2D eigenvalue weighted by atomic mass is 9.41. The van der Waals surface area contributed by atoms with Gasteiger partial charge in [-0.3, -0.25) is 4.79 Å². The molecule has 4 aliphatic carbocycles. The molecule has 2 aromatic carbocycles. The second-order valence-corrected chi connectivity index (χ2v) is 11.7. The predicted octanol–water partition coefficient (Wildman–Crippen LogP) is 6.89. The number of aliphatic carboxylic acids is 1. The van der Waals surface area contributed by atoms with Crippen LogP contribution in [0.1, 0.15) is 73.8 Å². The van der Waals surface area contributed by atoms with Gasteiger partial charge >= 0.3 is 18.4 Å². The van der Waals surface area contributed by atoms with Crippen molar-refractivity contribution in [3.05, 3.63) is 64.7 Å². The van der Waals surface area contributed by atoms with Crippen LogP contribution in [-0.4, -0.2) is 32.8 Å². The quantitative estimate of drug-likeness (QED) is 0.291. The Morgan fingerprint density at radius 1 is 1.12 bits per heavy atom. The summed E-state index contributed by atoms with van der Waals surface area (Å²) in [6.45, 7) is 1.54. The van der Waals surface area contributed by atoms with Gasteiger partial charge in [-0.1, -0.05) is 6.07 Å². The number of halogens is 6. The summed E-state index contributed by atoms with van der Waals surface area (Å²) in [4.78, 5) is 11.5. The van der Waals surface area contributed by atoms with E-state index in [4.69, 9.17) is 9.47 Å². The third kappa shape index (κ3) is 4.48. The lowest BCUT2D eigenvalue weighted by molar-refractivity contribution is -0.300. The van der Waals surface area contributed by atoms with Crippen LogP contribution in [0.4, 0.5) is 26.3 Å². The van der Waals surface area contributed by atoms with E-state index in [1.165, 1.54) is 37.3 Å². The Morgan fingerprint density at radius 2 is 1.84 bits per heavy atom. The maximum Gasteiger partial charge on any atom is 0.586 e. The van der Waals surface area contributed by atoms with E-state index in [0.717, 1.165) is 10.7 Å². The third-order valence-electron chi connectivity index (χ3n) is 8.68. The number of benzene rings is 2. The molecule has 0 radical (unpaired) electrons. The molecule has 1 aromatic heterocycles. The molecular formula is C29H24F6N2O6. The van der Waals surface area contributed by atoms with Gasteiger partial charge in [-0.2, -0.15) is 18.3 Å². The van der Waals surface area contributed by atoms with Crippen molar-refractivity contribution in [2.24, 2.45) is 5.41 Å². The highest BCUT2D eigenvalue weighted by Crippen LogP contribution is 2.70. The van der Waals surface area contributed by atoms with Crippen molar-refractivity contribution in [1.29, 1.82) is 0 Å². The van der Waals surface area contributed by atoms with Crippen molar-refractivity contribution in [3.8, 4) is 22.9 Å². The van der Waals surface area contributed by atoms with E-state index < -0.39 is 53.2 Å². The second-order valence-electron chi connectivity index (χ2n) is 11.7. The van der Waals surface area contributed by atoms with E-state index in [-0.39, 0.29) is 40.6 Å². The number of ether oxygens (including phenoxy) is 4. The average Bonchev–Trinajstić information content (AvgIpc) is 3.42. The van der Waals surface area contributed by atoms with Gasteiger partial charge in [0.05, 0.1) is 22.4 Å². The third-order valence-corrected chi connectivity index (χ3v) is 8.68. The zero-order chi connectivity index (χ0) is 30.5. The monoisotopic (exact) mass is 610 g/mol. The van der Waals surface area contributed by atoms with Crippen LogP contribution >= 0.6 is 0 Å². The normalized spacial score (nSPS) is 27.1. The molecule has 228 valence electrons. The van der Waals surface area contributed by atoms with E-state index in [2.05, 4.69) is 14.6 Å². The zero-order valence-corrected chi connectivity index (χ0v) is 22.5. The van der Waals surface area contributed by atoms with Crippen LogP contribution in [0.5, 0.6) is 17.2 Å². The van der Waals surface area contributed by atoms with Gasteiger partial charge < -0.3 is 24.1 Å². The number of hydrogen-bond donors (Lipinski definition) is 1. The van der Waals surface area contributed by atoms with Gasteiger partial charge in [-0.25, -0.2) is 9.07 Å². The highest BCUT2D eigenvalue weighted by Gasteiger charge is 2.73. The van der Waals surface area contributed by atoms with Crippen molar-refractivity contribution in [2.45, 2.75) is 75.7 Å². The summed E-state index contributed by atoms with van der Waals surface area (Å²) < 4.78 is 106. The highest BCUT2D eigenvalue weighted by molar-refractivity contribution is 5.79. The molecule has 1 N–H and O–H groups in total. The van der Waals surface area contributed by atoms with Crippen molar-refractivity contribution in [3.63, 3.8) is 0 Å². The molecule has 5 aliphatic rings. The fourth-order valence-corrected chi connectivity index (χ4v) is 6.72. The molecule has 1 aliphatic heterocycles. The number of carboxylic acids is 1. The molecule has 2 heterocycles. The molecule has 2 atom stereocenters. The average molecular weight is 611 g/mol. The summed E-state index contributed by atoms with van der Waals surface area (Å²) in [6.07, 6.45) is -8.41. The smallest absolute Gasteiger partial charge is 0.483 e. The molecule has 0 saturated heterocycles. The Bertz CT molecular complexity index is 1630. The second kappa shape index (κ2) is 9.04. The SMILES string of the molecule is C[C@H](Oc1cc(-n2nc(C(F)(F)F)c3c2[C@H](OC24CC(C(=O)O)(C2)C4)CCC3)ccc1F)c1ccc2c(c1)OC(F)(F)O2. The Hall–Kier alpha value is -3.94. The maximum atomic E-state index is 14.9. The fraction of sp³-hybridized carbons (Fsp3) is 0.448. The minimum atomic E-state index is -4.76. The number of carbonyl (C=O) groups is 1. The topological polar surface area (TPSA) is 92.0 Å². The first-order chi connectivity index (χ1) is 20.2. The number of nitrogens with zero attached hydrogens (tertiary/aromatic N) is 2. The van der Waals surface area contributed by atoms with E-state index in [1.54, 1.807) is 0 Å². The Morgan fingerprint density at radius 3 is 2.53 bits per heavy atom. The Kier molecular flexibility index (Phi) is 5.86. The van der Waals surface area contributed by atoms with Crippen molar-refractivity contribution < 1.29 is 55.2 Å². The van der Waals surface area contributed by atoms with Gasteiger partial charge in [0.1, 0.15) is 12.2 Å². The lowest BCUT2D eigenvalue weighted by Crippen LogP contribution is -2.71. The number of hydrogen-bond acceptors (Lipinski definition) is 6. The molecule has 3 saturated carbocycles. The number of rotatable bonds is 7. The van der Waals surface area contributed by atoms with Gasteiger partial charge in [-0.15, -0.1) is 8.78 Å². The number of alkyl halides is 5. The summed E-state index contributed by atoms with van der Waals surface area (Å²) in [5.41, 5.74) is -1.97. The van der Waals surface area contributed by atoms with Crippen molar-refractivity contribution >= 4 is 5.97 Å². The van der Waals surface area contributed by atoms with Gasteiger partial charge in [0.15, 0.2) is 28.8 Å². The molecule has 0 unspecified atom stereocenters. The van der Waals surface area contributed by atoms with Crippen LogP contribution in [0.3, 0.4) is 0 Å². The molecule has 14 heteroatoms. The van der Waals surface area contributed by atoms with Crippen LogP contribution in [-0.2, 0) is 22.1 Å². The van der Waals surface area contributed by atoms with Crippen LogP contribution in [0.25, 0.3) is 5.69 Å². The first-order valence-corrected chi connectivity index (χ1v) is 13.6. The maximum absolute atomic E-state index is 14.9. The van der Waals surface area contributed by atoms with Crippen LogP contribution < -0.4 is 14.2 Å². The summed E-state index contributed by atoms with van der Waals surface area (Å²) in [7, 11) is 0. The summed E-state index contributed by atoms with van der Waals surface area (Å²) in [5.74, 6) is -2.41. The molecule has 0 spiro atoms. The number of fused-ring (bicyclic) bond motifs is 2. The molecule has 2 bridgehead atoms. The van der Waals surface area contributed by atoms with Gasteiger partial charge in [0, 0.05) is 11.6 Å². The van der Waals surface area contributed by atoms with Crippen molar-refractivity contribution in [1.82, 2.24) is 9.78 Å². The molecule has 3 fully saturated rings. The van der Waals surface area contributed by atoms with E-state index in [0.29, 0.717) is 37.7 Å². The van der Waals surface area contributed by atoms with Crippen LogP contribution in [0.15, 0.2) is 36.4 Å². The molecule has 8 nitrogen and oxygen atoms in total. The summed E-state index contributed by atoms with van der Waals surface area (Å²) in [5, 5.41) is 13.4. The first-order valence-electron chi connectivity index (χ1n) is 13.6. The number of carboxylic acid groups (broad SMARTS) is 1. The minimum Gasteiger partial charge on any atom is -0.483 e. The van der Waals surface area contributed by atoms with E-state index in [1.807, 2.05) is 0 Å². The molecule has 0 amide bonds. The first kappa shape index (κ1) is 27.9. The molecule has 3 aromatic rings. The summed E-state index contributed by atoms with van der Waals surface area (Å²) in [6, 6.07) is 7.49. The summed E-state index contributed by atoms with van der Waals surface area (Å²) >= 11 is 0. The fourth-order valence-electron chi connectivity index (χ4n) is 6.72.